The van der Waals surface area contributed by atoms with E-state index >= 15 is 0 Å². The Balaban J connectivity index is 1.60. The van der Waals surface area contributed by atoms with Crippen molar-refractivity contribution in [3.8, 4) is 0 Å². The first kappa shape index (κ1) is 14.2. The average Bonchev–Trinajstić information content (AvgIpc) is 3.10. The van der Waals surface area contributed by atoms with Crippen molar-refractivity contribution in [3.05, 3.63) is 0 Å². The molecule has 0 amide bonds. The monoisotopic (exact) mass is 282 g/mol. The van der Waals surface area contributed by atoms with E-state index in [0.717, 1.165) is 29.3 Å². The van der Waals surface area contributed by atoms with Gasteiger partial charge in [-0.1, -0.05) is 19.3 Å². The summed E-state index contributed by atoms with van der Waals surface area (Å²) in [5.41, 5.74) is 0. The van der Waals surface area contributed by atoms with Crippen molar-refractivity contribution >= 4 is 11.8 Å². The van der Waals surface area contributed by atoms with Crippen molar-refractivity contribution in [2.24, 2.45) is 5.92 Å². The van der Waals surface area contributed by atoms with E-state index in [1.807, 2.05) is 0 Å². The summed E-state index contributed by atoms with van der Waals surface area (Å²) in [7, 11) is 0. The summed E-state index contributed by atoms with van der Waals surface area (Å²) >= 11 is 2.08. The molecule has 0 aromatic rings. The number of hydrogen-bond donors (Lipinski definition) is 2. The van der Waals surface area contributed by atoms with E-state index in [-0.39, 0.29) is 0 Å². The molecule has 3 heteroatoms. The lowest BCUT2D eigenvalue weighted by Crippen LogP contribution is -2.51. The van der Waals surface area contributed by atoms with Crippen LogP contribution in [0.3, 0.4) is 0 Å². The van der Waals surface area contributed by atoms with Gasteiger partial charge in [-0.15, -0.1) is 0 Å². The lowest BCUT2D eigenvalue weighted by atomic mass is 9.79. The smallest absolute Gasteiger partial charge is 0.0198 e. The molecular weight excluding hydrogens is 252 g/mol. The molecule has 110 valence electrons. The molecule has 0 aromatic heterocycles. The van der Waals surface area contributed by atoms with Crippen molar-refractivity contribution < 1.29 is 0 Å². The van der Waals surface area contributed by atoms with Crippen LogP contribution in [0.15, 0.2) is 0 Å². The topological polar surface area (TPSA) is 24.1 Å². The summed E-state index contributed by atoms with van der Waals surface area (Å²) in [6, 6.07) is 2.40. The van der Waals surface area contributed by atoms with Gasteiger partial charge in [-0.25, -0.2) is 0 Å². The van der Waals surface area contributed by atoms with Gasteiger partial charge in [-0.2, -0.15) is 11.8 Å². The van der Waals surface area contributed by atoms with E-state index in [1.54, 1.807) is 0 Å². The van der Waals surface area contributed by atoms with Crippen LogP contribution >= 0.6 is 11.8 Å². The zero-order valence-corrected chi connectivity index (χ0v) is 13.2. The molecule has 3 fully saturated rings. The highest BCUT2D eigenvalue weighted by molar-refractivity contribution is 7.99. The lowest BCUT2D eigenvalue weighted by molar-refractivity contribution is 0.201. The van der Waals surface area contributed by atoms with Gasteiger partial charge in [0.2, 0.25) is 0 Å². The quantitative estimate of drug-likeness (QED) is 0.828. The summed E-state index contributed by atoms with van der Waals surface area (Å²) in [4.78, 5) is 0. The Kier molecular flexibility index (Phi) is 5.10. The van der Waals surface area contributed by atoms with E-state index in [1.165, 1.54) is 64.3 Å². The third-order valence-electron chi connectivity index (χ3n) is 5.62. The molecule has 1 heterocycles. The Labute approximate surface area is 122 Å². The molecule has 2 nitrogen and oxygen atoms in total. The van der Waals surface area contributed by atoms with Gasteiger partial charge >= 0.3 is 0 Å². The predicted molar refractivity (Wildman–Crippen MR) is 84.8 cm³/mol. The summed E-state index contributed by atoms with van der Waals surface area (Å²) in [5, 5.41) is 8.72. The van der Waals surface area contributed by atoms with Gasteiger partial charge in [-0.05, 0) is 57.2 Å². The number of rotatable bonds is 4. The maximum Gasteiger partial charge on any atom is 0.0198 e. The average molecular weight is 282 g/mol. The first-order chi connectivity index (χ1) is 9.38. The number of thioether (sulfide) groups is 1. The van der Waals surface area contributed by atoms with Crippen molar-refractivity contribution in [2.45, 2.75) is 81.2 Å². The molecule has 0 aromatic carbocycles. The highest BCUT2D eigenvalue weighted by Gasteiger charge is 2.36. The van der Waals surface area contributed by atoms with E-state index in [9.17, 15) is 0 Å². The van der Waals surface area contributed by atoms with Crippen molar-refractivity contribution in [1.29, 1.82) is 0 Å². The van der Waals surface area contributed by atoms with Crippen molar-refractivity contribution in [1.82, 2.24) is 10.6 Å². The van der Waals surface area contributed by atoms with Gasteiger partial charge < -0.3 is 10.6 Å². The van der Waals surface area contributed by atoms with E-state index < -0.39 is 0 Å². The largest absolute Gasteiger partial charge is 0.314 e. The van der Waals surface area contributed by atoms with Crippen LogP contribution in [-0.4, -0.2) is 36.2 Å². The van der Waals surface area contributed by atoms with Gasteiger partial charge in [0.05, 0.1) is 0 Å². The third kappa shape index (κ3) is 3.30. The fraction of sp³-hybridized carbons (Fsp3) is 1.00. The fourth-order valence-electron chi connectivity index (χ4n) is 4.60. The normalized spacial score (nSPS) is 43.7. The van der Waals surface area contributed by atoms with E-state index in [4.69, 9.17) is 0 Å². The van der Waals surface area contributed by atoms with Gasteiger partial charge in [-0.3, -0.25) is 0 Å². The number of nitrogens with one attached hydrogen (secondary N) is 2. The Hall–Kier alpha value is 0.270. The van der Waals surface area contributed by atoms with Crippen molar-refractivity contribution in [3.63, 3.8) is 0 Å². The van der Waals surface area contributed by atoms with Crippen molar-refractivity contribution in [2.75, 3.05) is 12.8 Å². The standard InChI is InChI=1S/C16H30N2S/c1-19-16-10-4-8-15(16)18-14-7-3-2-6-12(14)13-9-5-11-17-13/h12-18H,2-11H2,1H3. The molecule has 0 spiro atoms. The second kappa shape index (κ2) is 6.82. The minimum absolute atomic E-state index is 0.794. The van der Waals surface area contributed by atoms with Crippen LogP contribution in [0.1, 0.15) is 57.8 Å². The zero-order valence-electron chi connectivity index (χ0n) is 12.4. The molecule has 5 atom stereocenters. The highest BCUT2D eigenvalue weighted by atomic mass is 32.2. The molecule has 1 saturated heterocycles. The molecule has 1 aliphatic heterocycles. The van der Waals surface area contributed by atoms with Crippen LogP contribution in [0.25, 0.3) is 0 Å². The van der Waals surface area contributed by atoms with E-state index in [2.05, 4.69) is 28.7 Å². The Bertz CT molecular complexity index is 278. The van der Waals surface area contributed by atoms with Crippen LogP contribution in [0, 0.1) is 5.92 Å². The predicted octanol–water partition coefficient (Wildman–Crippen LogP) is 3.17. The maximum absolute atomic E-state index is 4.08. The Morgan fingerprint density at radius 1 is 0.895 bits per heavy atom. The second-order valence-corrected chi connectivity index (χ2v) is 7.81. The molecule has 3 aliphatic rings. The van der Waals surface area contributed by atoms with Gasteiger partial charge in [0.1, 0.15) is 0 Å². The fourth-order valence-corrected chi connectivity index (χ4v) is 5.54. The zero-order chi connectivity index (χ0) is 13.1. The highest BCUT2D eigenvalue weighted by Crippen LogP contribution is 2.34. The Morgan fingerprint density at radius 3 is 2.53 bits per heavy atom. The number of hydrogen-bond acceptors (Lipinski definition) is 3. The molecule has 3 rings (SSSR count). The van der Waals surface area contributed by atoms with Crippen LogP contribution in [-0.2, 0) is 0 Å². The van der Waals surface area contributed by atoms with Gasteiger partial charge in [0, 0.05) is 23.4 Å². The molecule has 2 saturated carbocycles. The Morgan fingerprint density at radius 2 is 1.74 bits per heavy atom. The molecule has 19 heavy (non-hydrogen) atoms. The molecule has 5 unspecified atom stereocenters. The third-order valence-corrected chi connectivity index (χ3v) is 6.79. The van der Waals surface area contributed by atoms with E-state index in [0.29, 0.717) is 0 Å². The summed E-state index contributed by atoms with van der Waals surface area (Å²) in [6.45, 7) is 1.25. The first-order valence-corrected chi connectivity index (χ1v) is 9.69. The maximum atomic E-state index is 4.08. The second-order valence-electron chi connectivity index (χ2n) is 6.74. The van der Waals surface area contributed by atoms with Crippen LogP contribution < -0.4 is 10.6 Å². The molecule has 2 N–H and O–H groups in total. The summed E-state index contributed by atoms with van der Waals surface area (Å²) < 4.78 is 0. The van der Waals surface area contributed by atoms with Crippen LogP contribution in [0.4, 0.5) is 0 Å². The molecule has 0 radical (unpaired) electrons. The lowest BCUT2D eigenvalue weighted by Gasteiger charge is -2.39. The van der Waals surface area contributed by atoms with Gasteiger partial charge in [0.25, 0.3) is 0 Å². The van der Waals surface area contributed by atoms with Crippen LogP contribution in [0.5, 0.6) is 0 Å². The van der Waals surface area contributed by atoms with Gasteiger partial charge in [0.15, 0.2) is 0 Å². The molecular formula is C16H30N2S. The SMILES string of the molecule is CSC1CCCC1NC1CCCCC1C1CCCN1. The minimum Gasteiger partial charge on any atom is -0.314 e. The molecule has 0 bridgehead atoms. The summed E-state index contributed by atoms with van der Waals surface area (Å²) in [5.74, 6) is 0.902. The summed E-state index contributed by atoms with van der Waals surface area (Å²) in [6.07, 6.45) is 15.1. The minimum atomic E-state index is 0.794. The molecule has 2 aliphatic carbocycles. The van der Waals surface area contributed by atoms with Crippen LogP contribution in [0.2, 0.25) is 0 Å². The first-order valence-electron chi connectivity index (χ1n) is 8.40.